The molecule has 0 bridgehead atoms. The van der Waals surface area contributed by atoms with Crippen molar-refractivity contribution in [3.05, 3.63) is 74.2 Å². The summed E-state index contributed by atoms with van der Waals surface area (Å²) in [5.74, 6) is -0.137. The number of carbonyl (C=O) groups is 1. The van der Waals surface area contributed by atoms with Crippen molar-refractivity contribution in [3.8, 4) is 0 Å². The molecule has 0 saturated carbocycles. The van der Waals surface area contributed by atoms with Crippen LogP contribution in [0, 0.1) is 10.1 Å². The van der Waals surface area contributed by atoms with Gasteiger partial charge in [0.2, 0.25) is 0 Å². The number of hydrogen-bond donors (Lipinski definition) is 0. The van der Waals surface area contributed by atoms with Crippen molar-refractivity contribution in [3.63, 3.8) is 0 Å². The molecule has 0 radical (unpaired) electrons. The van der Waals surface area contributed by atoms with Crippen molar-refractivity contribution >= 4 is 27.4 Å². The Bertz CT molecular complexity index is 626. The van der Waals surface area contributed by atoms with Crippen molar-refractivity contribution < 1.29 is 9.72 Å². The lowest BCUT2D eigenvalue weighted by Gasteiger charge is -2.03. The average Bonchev–Trinajstić information content (AvgIpc) is 2.39. The first kappa shape index (κ1) is 13.4. The maximum absolute atomic E-state index is 12.1. The van der Waals surface area contributed by atoms with Crippen molar-refractivity contribution in [1.29, 1.82) is 0 Å². The van der Waals surface area contributed by atoms with E-state index in [4.69, 9.17) is 0 Å². The average molecular weight is 320 g/mol. The smallest absolute Gasteiger partial charge is 0.273 e. The Morgan fingerprint density at radius 3 is 2.47 bits per heavy atom. The number of Topliss-reactive ketones (excluding diaryl/α,β-unsaturated/α-hetero) is 1. The van der Waals surface area contributed by atoms with Crippen LogP contribution in [0.3, 0.4) is 0 Å². The molecule has 0 heterocycles. The molecule has 2 aromatic carbocycles. The molecule has 0 atom stereocenters. The second kappa shape index (κ2) is 5.75. The van der Waals surface area contributed by atoms with Crippen molar-refractivity contribution in [2.24, 2.45) is 0 Å². The van der Waals surface area contributed by atoms with Gasteiger partial charge in [0.25, 0.3) is 5.69 Å². The maximum Gasteiger partial charge on any atom is 0.273 e. The quantitative estimate of drug-likeness (QED) is 0.489. The second-order valence-corrected chi connectivity index (χ2v) is 4.91. The summed E-state index contributed by atoms with van der Waals surface area (Å²) >= 11 is 3.26. The van der Waals surface area contributed by atoms with E-state index in [0.717, 1.165) is 0 Å². The Kier molecular flexibility index (Phi) is 4.06. The number of carbonyl (C=O) groups excluding carboxylic acids is 1. The van der Waals surface area contributed by atoms with Gasteiger partial charge in [-0.2, -0.15) is 0 Å². The van der Waals surface area contributed by atoms with E-state index >= 15 is 0 Å². The molecule has 4 nitrogen and oxygen atoms in total. The topological polar surface area (TPSA) is 60.2 Å². The normalized spacial score (nSPS) is 10.2. The lowest BCUT2D eigenvalue weighted by Crippen LogP contribution is -2.05. The minimum absolute atomic E-state index is 0.0137. The molecule has 96 valence electrons. The zero-order chi connectivity index (χ0) is 13.8. The first-order valence-electron chi connectivity index (χ1n) is 5.59. The van der Waals surface area contributed by atoms with E-state index in [-0.39, 0.29) is 17.9 Å². The van der Waals surface area contributed by atoms with Crippen LogP contribution in [0.15, 0.2) is 53.0 Å². The van der Waals surface area contributed by atoms with Gasteiger partial charge in [-0.1, -0.05) is 46.3 Å². The van der Waals surface area contributed by atoms with Crippen LogP contribution in [-0.2, 0) is 6.42 Å². The highest BCUT2D eigenvalue weighted by Gasteiger charge is 2.17. The van der Waals surface area contributed by atoms with E-state index in [2.05, 4.69) is 15.9 Å². The predicted octanol–water partition coefficient (Wildman–Crippen LogP) is 3.78. The molecule has 0 amide bonds. The first-order valence-corrected chi connectivity index (χ1v) is 6.38. The number of hydrogen-bond acceptors (Lipinski definition) is 3. The van der Waals surface area contributed by atoms with Gasteiger partial charge in [-0.15, -0.1) is 0 Å². The molecule has 0 aliphatic carbocycles. The number of ketones is 1. The number of halogens is 1. The van der Waals surface area contributed by atoms with Crippen molar-refractivity contribution in [1.82, 2.24) is 0 Å². The van der Waals surface area contributed by atoms with E-state index in [0.29, 0.717) is 15.6 Å². The largest absolute Gasteiger partial charge is 0.294 e. The standard InChI is InChI=1S/C14H10BrNO3/c15-12-6-7-13(16(18)19)11(8-12)9-14(17)10-4-2-1-3-5-10/h1-8H,9H2. The zero-order valence-corrected chi connectivity index (χ0v) is 11.5. The summed E-state index contributed by atoms with van der Waals surface area (Å²) < 4.78 is 0.717. The Balaban J connectivity index is 2.31. The molecule has 0 aromatic heterocycles. The van der Waals surface area contributed by atoms with E-state index in [1.165, 1.54) is 6.07 Å². The summed E-state index contributed by atoms with van der Waals surface area (Å²) in [5, 5.41) is 10.9. The second-order valence-electron chi connectivity index (χ2n) is 4.00. The highest BCUT2D eigenvalue weighted by molar-refractivity contribution is 9.10. The van der Waals surface area contributed by atoms with Crippen LogP contribution in [0.5, 0.6) is 0 Å². The molecule has 0 unspecified atom stereocenters. The van der Waals surface area contributed by atoms with Gasteiger partial charge in [-0.3, -0.25) is 14.9 Å². The van der Waals surface area contributed by atoms with Gasteiger partial charge in [0.15, 0.2) is 5.78 Å². The van der Waals surface area contributed by atoms with Gasteiger partial charge in [0.05, 0.1) is 4.92 Å². The molecule has 5 heteroatoms. The molecule has 0 N–H and O–H groups in total. The van der Waals surface area contributed by atoms with Gasteiger partial charge < -0.3 is 0 Å². The van der Waals surface area contributed by atoms with Gasteiger partial charge in [-0.25, -0.2) is 0 Å². The molecule has 0 aliphatic rings. The third-order valence-corrected chi connectivity index (χ3v) is 3.18. The zero-order valence-electron chi connectivity index (χ0n) is 9.88. The summed E-state index contributed by atoms with van der Waals surface area (Å²) in [4.78, 5) is 22.5. The van der Waals surface area contributed by atoms with Crippen molar-refractivity contribution in [2.45, 2.75) is 6.42 Å². The van der Waals surface area contributed by atoms with Crippen molar-refractivity contribution in [2.75, 3.05) is 0 Å². The third kappa shape index (κ3) is 3.26. The lowest BCUT2D eigenvalue weighted by atomic mass is 10.0. The number of nitro groups is 1. The Labute approximate surface area is 118 Å². The van der Waals surface area contributed by atoms with Crippen LogP contribution in [0.4, 0.5) is 5.69 Å². The minimum atomic E-state index is -0.472. The SMILES string of the molecule is O=C(Cc1cc(Br)ccc1[N+](=O)[O-])c1ccccc1. The number of nitrogens with zero attached hydrogens (tertiary/aromatic N) is 1. The van der Waals surface area contributed by atoms with Crippen LogP contribution < -0.4 is 0 Å². The molecular weight excluding hydrogens is 310 g/mol. The highest BCUT2D eigenvalue weighted by Crippen LogP contribution is 2.24. The summed E-state index contributed by atoms with van der Waals surface area (Å²) in [5.41, 5.74) is 0.928. The van der Waals surface area contributed by atoms with E-state index in [1.807, 2.05) is 6.07 Å². The van der Waals surface area contributed by atoms with E-state index < -0.39 is 4.92 Å². The molecule has 0 spiro atoms. The third-order valence-electron chi connectivity index (χ3n) is 2.69. The molecule has 0 fully saturated rings. The highest BCUT2D eigenvalue weighted by atomic mass is 79.9. The van der Waals surface area contributed by atoms with Crippen LogP contribution in [-0.4, -0.2) is 10.7 Å². The summed E-state index contributed by atoms with van der Waals surface area (Å²) in [6.45, 7) is 0. The number of nitro benzene ring substituents is 1. The molecule has 19 heavy (non-hydrogen) atoms. The molecule has 2 rings (SSSR count). The van der Waals surface area contributed by atoms with Crippen LogP contribution in [0.25, 0.3) is 0 Å². The Hall–Kier alpha value is -2.01. The van der Waals surface area contributed by atoms with Crippen LogP contribution in [0.2, 0.25) is 0 Å². The maximum atomic E-state index is 12.1. The van der Waals surface area contributed by atoms with E-state index in [1.54, 1.807) is 36.4 Å². The van der Waals surface area contributed by atoms with Gasteiger partial charge >= 0.3 is 0 Å². The van der Waals surface area contributed by atoms with Gasteiger partial charge in [-0.05, 0) is 12.1 Å². The minimum Gasteiger partial charge on any atom is -0.294 e. The van der Waals surface area contributed by atoms with Crippen LogP contribution in [0.1, 0.15) is 15.9 Å². The Morgan fingerprint density at radius 2 is 1.84 bits per heavy atom. The molecule has 0 saturated heterocycles. The fraction of sp³-hybridized carbons (Fsp3) is 0.0714. The lowest BCUT2D eigenvalue weighted by molar-refractivity contribution is -0.385. The summed E-state index contributed by atoms with van der Waals surface area (Å²) in [6, 6.07) is 13.4. The van der Waals surface area contributed by atoms with Gasteiger partial charge in [0, 0.05) is 28.1 Å². The Morgan fingerprint density at radius 1 is 1.16 bits per heavy atom. The summed E-state index contributed by atoms with van der Waals surface area (Å²) in [7, 11) is 0. The molecule has 2 aromatic rings. The number of rotatable bonds is 4. The van der Waals surface area contributed by atoms with E-state index in [9.17, 15) is 14.9 Å². The monoisotopic (exact) mass is 319 g/mol. The van der Waals surface area contributed by atoms with Gasteiger partial charge in [0.1, 0.15) is 0 Å². The number of benzene rings is 2. The van der Waals surface area contributed by atoms with Crippen LogP contribution >= 0.6 is 15.9 Å². The molecule has 0 aliphatic heterocycles. The fourth-order valence-electron chi connectivity index (χ4n) is 1.77. The molecular formula is C14H10BrNO3. The first-order chi connectivity index (χ1) is 9.08. The summed E-state index contributed by atoms with van der Waals surface area (Å²) in [6.07, 6.45) is 0.0137. The predicted molar refractivity (Wildman–Crippen MR) is 75.3 cm³/mol. The fourth-order valence-corrected chi connectivity index (χ4v) is 2.18.